The summed E-state index contributed by atoms with van der Waals surface area (Å²) in [6.45, 7) is 1.91. The fraction of sp³-hybridized carbons (Fsp3) is 0.385. The molecule has 0 aliphatic rings. The number of carbonyl (C=O) groups is 1. The van der Waals surface area contributed by atoms with E-state index < -0.39 is 10.8 Å². The van der Waals surface area contributed by atoms with Crippen molar-refractivity contribution < 1.29 is 9.72 Å². The highest BCUT2D eigenvalue weighted by Crippen LogP contribution is 2.33. The molecule has 0 aliphatic carbocycles. The molecule has 1 N–H and O–H groups in total. The molecule has 1 rings (SSSR count). The summed E-state index contributed by atoms with van der Waals surface area (Å²) < 4.78 is 0. The number of hydrogen-bond donors (Lipinski definition) is 1. The molecule has 0 bridgehead atoms. The second-order valence-electron chi connectivity index (χ2n) is 4.58. The molecule has 0 aliphatic heterocycles. The zero-order valence-corrected chi connectivity index (χ0v) is 12.6. The molecule has 8 heteroatoms. The first kappa shape index (κ1) is 16.7. The Labute approximate surface area is 127 Å². The molecule has 112 valence electrons. The van der Waals surface area contributed by atoms with Crippen LogP contribution in [0.4, 0.5) is 11.4 Å². The number of nitro groups is 1. The Hall–Kier alpha value is -2.33. The SMILES string of the molecule is CNc1c(Cl)cc(C(=O)N(C)CC(C)C#N)cc1[N+](=O)[O-]. The van der Waals surface area contributed by atoms with E-state index in [4.69, 9.17) is 16.9 Å². The van der Waals surface area contributed by atoms with E-state index in [2.05, 4.69) is 5.32 Å². The van der Waals surface area contributed by atoms with E-state index in [-0.39, 0.29) is 34.4 Å². The number of nitro benzene ring substituents is 1. The maximum absolute atomic E-state index is 12.2. The number of nitrogens with one attached hydrogen (secondary N) is 1. The maximum atomic E-state index is 12.2. The number of nitriles is 1. The standard InChI is InChI=1S/C13H15ClN4O3/c1-8(6-15)7-17(3)13(19)9-4-10(14)12(16-2)11(5-9)18(20)21/h4-5,8,16H,7H2,1-3H3. The Morgan fingerprint density at radius 3 is 2.71 bits per heavy atom. The molecule has 1 atom stereocenters. The number of carbonyl (C=O) groups excluding carboxylic acids is 1. The zero-order valence-electron chi connectivity index (χ0n) is 11.9. The van der Waals surface area contributed by atoms with Crippen LogP contribution >= 0.6 is 11.6 Å². The molecule has 7 nitrogen and oxygen atoms in total. The Morgan fingerprint density at radius 2 is 2.24 bits per heavy atom. The van der Waals surface area contributed by atoms with Gasteiger partial charge in [0.15, 0.2) is 0 Å². The van der Waals surface area contributed by atoms with Crippen molar-refractivity contribution in [1.29, 1.82) is 5.26 Å². The van der Waals surface area contributed by atoms with Gasteiger partial charge >= 0.3 is 0 Å². The van der Waals surface area contributed by atoms with Gasteiger partial charge in [0, 0.05) is 32.3 Å². The minimum atomic E-state index is -0.605. The van der Waals surface area contributed by atoms with Gasteiger partial charge in [0.2, 0.25) is 0 Å². The van der Waals surface area contributed by atoms with Crippen LogP contribution in [-0.2, 0) is 0 Å². The molecule has 21 heavy (non-hydrogen) atoms. The summed E-state index contributed by atoms with van der Waals surface area (Å²) >= 11 is 5.97. The van der Waals surface area contributed by atoms with Gasteiger partial charge in [-0.05, 0) is 13.0 Å². The van der Waals surface area contributed by atoms with Crippen molar-refractivity contribution in [2.75, 3.05) is 26.0 Å². The Morgan fingerprint density at radius 1 is 1.62 bits per heavy atom. The third-order valence-electron chi connectivity index (χ3n) is 2.88. The molecular formula is C13H15ClN4O3. The topological polar surface area (TPSA) is 99.3 Å². The third-order valence-corrected chi connectivity index (χ3v) is 3.18. The van der Waals surface area contributed by atoms with Crippen LogP contribution < -0.4 is 5.32 Å². The number of amides is 1. The van der Waals surface area contributed by atoms with Gasteiger partial charge in [-0.3, -0.25) is 14.9 Å². The summed E-state index contributed by atoms with van der Waals surface area (Å²) in [6.07, 6.45) is 0. The Bertz CT molecular complexity index is 612. The summed E-state index contributed by atoms with van der Waals surface area (Å²) in [5.74, 6) is -0.759. The van der Waals surface area contributed by atoms with Crippen LogP contribution in [0.15, 0.2) is 12.1 Å². The normalized spacial score (nSPS) is 11.4. The molecule has 0 aromatic heterocycles. The largest absolute Gasteiger partial charge is 0.381 e. The lowest BCUT2D eigenvalue weighted by Crippen LogP contribution is -2.30. The van der Waals surface area contributed by atoms with Crippen LogP contribution in [0, 0.1) is 27.4 Å². The van der Waals surface area contributed by atoms with Crippen LogP contribution in [0.5, 0.6) is 0 Å². The molecule has 0 heterocycles. The first-order valence-electron chi connectivity index (χ1n) is 6.12. The maximum Gasteiger partial charge on any atom is 0.294 e. The molecule has 0 radical (unpaired) electrons. The molecule has 1 aromatic rings. The van der Waals surface area contributed by atoms with Crippen molar-refractivity contribution in [3.05, 3.63) is 32.8 Å². The van der Waals surface area contributed by atoms with Crippen molar-refractivity contribution >= 4 is 28.9 Å². The van der Waals surface area contributed by atoms with Crippen LogP contribution in [0.2, 0.25) is 5.02 Å². The summed E-state index contributed by atoms with van der Waals surface area (Å²) in [7, 11) is 3.04. The van der Waals surface area contributed by atoms with Crippen LogP contribution in [0.25, 0.3) is 0 Å². The predicted octanol–water partition coefficient (Wildman–Crippen LogP) is 2.52. The number of hydrogen-bond acceptors (Lipinski definition) is 5. The molecule has 1 amide bonds. The van der Waals surface area contributed by atoms with Crippen molar-refractivity contribution in [3.63, 3.8) is 0 Å². The van der Waals surface area contributed by atoms with Gasteiger partial charge in [0.25, 0.3) is 11.6 Å². The molecule has 0 fully saturated rings. The van der Waals surface area contributed by atoms with Gasteiger partial charge in [0.05, 0.1) is 21.9 Å². The summed E-state index contributed by atoms with van der Waals surface area (Å²) in [5, 5.41) is 22.5. The molecular weight excluding hydrogens is 296 g/mol. The Kier molecular flexibility index (Phi) is 5.50. The second kappa shape index (κ2) is 6.90. The van der Waals surface area contributed by atoms with Crippen LogP contribution in [0.3, 0.4) is 0 Å². The van der Waals surface area contributed by atoms with Gasteiger partial charge in [-0.25, -0.2) is 0 Å². The molecule has 1 aromatic carbocycles. The van der Waals surface area contributed by atoms with E-state index in [1.54, 1.807) is 6.92 Å². The summed E-state index contributed by atoms with van der Waals surface area (Å²) in [4.78, 5) is 24.0. The van der Waals surface area contributed by atoms with Gasteiger partial charge in [-0.15, -0.1) is 0 Å². The van der Waals surface area contributed by atoms with Gasteiger partial charge in [0.1, 0.15) is 5.69 Å². The highest BCUT2D eigenvalue weighted by atomic mass is 35.5. The molecule has 0 saturated carbocycles. The van der Waals surface area contributed by atoms with E-state index in [0.29, 0.717) is 0 Å². The monoisotopic (exact) mass is 310 g/mol. The smallest absolute Gasteiger partial charge is 0.294 e. The van der Waals surface area contributed by atoms with E-state index >= 15 is 0 Å². The van der Waals surface area contributed by atoms with Crippen molar-refractivity contribution in [3.8, 4) is 6.07 Å². The number of nitrogens with zero attached hydrogens (tertiary/aromatic N) is 3. The fourth-order valence-electron chi connectivity index (χ4n) is 1.86. The Balaban J connectivity index is 3.17. The van der Waals surface area contributed by atoms with E-state index in [9.17, 15) is 14.9 Å². The lowest BCUT2D eigenvalue weighted by atomic mass is 10.1. The minimum absolute atomic E-state index is 0.0942. The minimum Gasteiger partial charge on any atom is -0.381 e. The number of benzene rings is 1. The number of anilines is 1. The number of rotatable bonds is 5. The average molecular weight is 311 g/mol. The van der Waals surface area contributed by atoms with Gasteiger partial charge < -0.3 is 10.2 Å². The quantitative estimate of drug-likeness (QED) is 0.665. The first-order valence-corrected chi connectivity index (χ1v) is 6.50. The first-order chi connectivity index (χ1) is 9.81. The molecule has 1 unspecified atom stereocenters. The molecule has 0 spiro atoms. The van der Waals surface area contributed by atoms with E-state index in [1.807, 2.05) is 6.07 Å². The van der Waals surface area contributed by atoms with Crippen molar-refractivity contribution in [2.45, 2.75) is 6.92 Å². The lowest BCUT2D eigenvalue weighted by Gasteiger charge is -2.18. The van der Waals surface area contributed by atoms with Crippen LogP contribution in [0.1, 0.15) is 17.3 Å². The van der Waals surface area contributed by atoms with E-state index in [0.717, 1.165) is 0 Å². The third kappa shape index (κ3) is 3.83. The van der Waals surface area contributed by atoms with Crippen molar-refractivity contribution in [1.82, 2.24) is 4.90 Å². The molecule has 0 saturated heterocycles. The van der Waals surface area contributed by atoms with Crippen LogP contribution in [-0.4, -0.2) is 36.4 Å². The average Bonchev–Trinajstić information content (AvgIpc) is 2.44. The predicted molar refractivity (Wildman–Crippen MR) is 79.4 cm³/mol. The second-order valence-corrected chi connectivity index (χ2v) is 4.98. The summed E-state index contributed by atoms with van der Waals surface area (Å²) in [6, 6.07) is 4.57. The van der Waals surface area contributed by atoms with Gasteiger partial charge in [-0.2, -0.15) is 5.26 Å². The van der Waals surface area contributed by atoms with E-state index in [1.165, 1.54) is 31.1 Å². The highest BCUT2D eigenvalue weighted by molar-refractivity contribution is 6.34. The fourth-order valence-corrected chi connectivity index (χ4v) is 2.17. The summed E-state index contributed by atoms with van der Waals surface area (Å²) in [5.41, 5.74) is -0.000293. The lowest BCUT2D eigenvalue weighted by molar-refractivity contribution is -0.383. The number of halogens is 1. The zero-order chi connectivity index (χ0) is 16.2. The highest BCUT2D eigenvalue weighted by Gasteiger charge is 2.22. The van der Waals surface area contributed by atoms with Gasteiger partial charge in [-0.1, -0.05) is 11.6 Å². The van der Waals surface area contributed by atoms with Crippen molar-refractivity contribution in [2.24, 2.45) is 5.92 Å².